The Morgan fingerprint density at radius 2 is 1.90 bits per heavy atom. The Hall–Kier alpha value is -1.33. The number of benzene rings is 1. The van der Waals surface area contributed by atoms with Crippen molar-refractivity contribution < 1.29 is 14.1 Å². The summed E-state index contributed by atoms with van der Waals surface area (Å²) in [5.41, 5.74) is 1.82. The van der Waals surface area contributed by atoms with Gasteiger partial charge in [0.25, 0.3) is 0 Å². The van der Waals surface area contributed by atoms with Gasteiger partial charge in [-0.1, -0.05) is 31.9 Å². The summed E-state index contributed by atoms with van der Waals surface area (Å²) in [4.78, 5) is 11.7. The second kappa shape index (κ2) is 8.07. The third-order valence-electron chi connectivity index (χ3n) is 3.30. The van der Waals surface area contributed by atoms with Crippen molar-refractivity contribution in [3.8, 4) is 0 Å². The molecule has 2 rings (SSSR count). The molecule has 1 N–H and O–H groups in total. The number of carbonyl (C=O) groups excluding carboxylic acids is 1. The number of nitrogens with one attached hydrogen (secondary N) is 1. The van der Waals surface area contributed by atoms with Crippen molar-refractivity contribution in [1.29, 1.82) is 0 Å². The van der Waals surface area contributed by atoms with Crippen molar-refractivity contribution in [2.24, 2.45) is 0 Å². The van der Waals surface area contributed by atoms with E-state index in [1.54, 1.807) is 0 Å². The zero-order valence-electron chi connectivity index (χ0n) is 12.1. The summed E-state index contributed by atoms with van der Waals surface area (Å²) in [6.45, 7) is 3.60. The molecule has 1 amide bonds. The SMILES string of the molecule is CCCCCC(=O)Nc1ccc(B2OCCCO2)cc1. The highest BCUT2D eigenvalue weighted by molar-refractivity contribution is 6.61. The molecule has 1 saturated heterocycles. The number of rotatable bonds is 6. The van der Waals surface area contributed by atoms with Crippen LogP contribution in [-0.2, 0) is 14.1 Å². The van der Waals surface area contributed by atoms with Gasteiger partial charge in [-0.2, -0.15) is 0 Å². The number of hydrogen-bond acceptors (Lipinski definition) is 3. The highest BCUT2D eigenvalue weighted by atomic mass is 16.6. The average Bonchev–Trinajstić information content (AvgIpc) is 2.49. The quantitative estimate of drug-likeness (QED) is 0.640. The molecule has 20 heavy (non-hydrogen) atoms. The summed E-state index contributed by atoms with van der Waals surface area (Å²) in [6.07, 6.45) is 4.71. The van der Waals surface area contributed by atoms with Gasteiger partial charge in [-0.05, 0) is 30.4 Å². The zero-order valence-corrected chi connectivity index (χ0v) is 12.1. The molecule has 1 aromatic carbocycles. The normalized spacial score (nSPS) is 15.2. The molecule has 0 spiro atoms. The van der Waals surface area contributed by atoms with Crippen LogP contribution in [-0.4, -0.2) is 26.2 Å². The fraction of sp³-hybridized carbons (Fsp3) is 0.533. The predicted octanol–water partition coefficient (Wildman–Crippen LogP) is 2.34. The summed E-state index contributed by atoms with van der Waals surface area (Å²) < 4.78 is 11.1. The van der Waals surface area contributed by atoms with Gasteiger partial charge in [-0.3, -0.25) is 4.79 Å². The zero-order chi connectivity index (χ0) is 14.2. The molecule has 1 fully saturated rings. The van der Waals surface area contributed by atoms with Crippen LogP contribution in [0.15, 0.2) is 24.3 Å². The molecule has 0 bridgehead atoms. The molecule has 108 valence electrons. The molecule has 0 aromatic heterocycles. The fourth-order valence-corrected chi connectivity index (χ4v) is 2.16. The highest BCUT2D eigenvalue weighted by Crippen LogP contribution is 2.09. The second-order valence-corrected chi connectivity index (χ2v) is 5.05. The Morgan fingerprint density at radius 3 is 2.55 bits per heavy atom. The van der Waals surface area contributed by atoms with Crippen molar-refractivity contribution >= 4 is 24.2 Å². The Kier molecular flexibility index (Phi) is 6.08. The number of amides is 1. The van der Waals surface area contributed by atoms with Gasteiger partial charge in [-0.15, -0.1) is 0 Å². The molecule has 0 radical (unpaired) electrons. The summed E-state index contributed by atoms with van der Waals surface area (Å²) in [6, 6.07) is 7.68. The first-order valence-electron chi connectivity index (χ1n) is 7.42. The summed E-state index contributed by atoms with van der Waals surface area (Å²) in [5, 5.41) is 2.91. The predicted molar refractivity (Wildman–Crippen MR) is 81.1 cm³/mol. The molecule has 0 unspecified atom stereocenters. The van der Waals surface area contributed by atoms with Gasteiger partial charge in [0.2, 0.25) is 5.91 Å². The maximum atomic E-state index is 11.7. The molecule has 0 saturated carbocycles. The average molecular weight is 275 g/mol. The maximum Gasteiger partial charge on any atom is 0.493 e. The van der Waals surface area contributed by atoms with Gasteiger partial charge in [0.1, 0.15) is 0 Å². The Balaban J connectivity index is 1.83. The Labute approximate surface area is 121 Å². The van der Waals surface area contributed by atoms with Gasteiger partial charge in [0.05, 0.1) is 0 Å². The lowest BCUT2D eigenvalue weighted by atomic mass is 9.78. The van der Waals surface area contributed by atoms with E-state index in [4.69, 9.17) is 9.31 Å². The minimum absolute atomic E-state index is 0.0800. The molecule has 1 heterocycles. The summed E-state index contributed by atoms with van der Waals surface area (Å²) in [7, 11) is -0.266. The minimum Gasteiger partial charge on any atom is -0.407 e. The van der Waals surface area contributed by atoms with Crippen LogP contribution in [0.1, 0.15) is 39.0 Å². The molecule has 0 aliphatic carbocycles. The minimum atomic E-state index is -0.266. The van der Waals surface area contributed by atoms with E-state index in [0.29, 0.717) is 6.42 Å². The van der Waals surface area contributed by atoms with E-state index < -0.39 is 0 Å². The van der Waals surface area contributed by atoms with E-state index >= 15 is 0 Å². The topological polar surface area (TPSA) is 47.6 Å². The molecule has 5 heteroatoms. The lowest BCUT2D eigenvalue weighted by molar-refractivity contribution is -0.116. The molecular formula is C15H22BNO3. The molecule has 0 atom stereocenters. The number of anilines is 1. The number of carbonyl (C=O) groups is 1. The molecular weight excluding hydrogens is 253 g/mol. The van der Waals surface area contributed by atoms with Gasteiger partial charge in [0, 0.05) is 25.3 Å². The summed E-state index contributed by atoms with van der Waals surface area (Å²) in [5.74, 6) is 0.0800. The molecule has 4 nitrogen and oxygen atoms in total. The fourth-order valence-electron chi connectivity index (χ4n) is 2.16. The van der Waals surface area contributed by atoms with E-state index in [0.717, 1.165) is 50.0 Å². The van der Waals surface area contributed by atoms with Crippen molar-refractivity contribution in [2.45, 2.75) is 39.0 Å². The first-order chi connectivity index (χ1) is 9.79. The van der Waals surface area contributed by atoms with Crippen LogP contribution in [0, 0.1) is 0 Å². The van der Waals surface area contributed by atoms with Crippen LogP contribution in [0.3, 0.4) is 0 Å². The second-order valence-electron chi connectivity index (χ2n) is 5.05. The lowest BCUT2D eigenvalue weighted by Crippen LogP contribution is -2.40. The van der Waals surface area contributed by atoms with Crippen LogP contribution < -0.4 is 10.8 Å². The maximum absolute atomic E-state index is 11.7. The monoisotopic (exact) mass is 275 g/mol. The van der Waals surface area contributed by atoms with Crippen LogP contribution in [0.4, 0.5) is 5.69 Å². The van der Waals surface area contributed by atoms with Crippen LogP contribution in [0.5, 0.6) is 0 Å². The third kappa shape index (κ3) is 4.65. The number of hydrogen-bond donors (Lipinski definition) is 1. The first kappa shape index (κ1) is 15.1. The van der Waals surface area contributed by atoms with E-state index in [-0.39, 0.29) is 13.0 Å². The number of unbranched alkanes of at least 4 members (excludes halogenated alkanes) is 2. The van der Waals surface area contributed by atoms with Gasteiger partial charge in [-0.25, -0.2) is 0 Å². The van der Waals surface area contributed by atoms with Crippen molar-refractivity contribution in [1.82, 2.24) is 0 Å². The van der Waals surface area contributed by atoms with Crippen LogP contribution in [0.25, 0.3) is 0 Å². The van der Waals surface area contributed by atoms with Crippen LogP contribution in [0.2, 0.25) is 0 Å². The lowest BCUT2D eigenvalue weighted by Gasteiger charge is -2.20. The van der Waals surface area contributed by atoms with E-state index in [9.17, 15) is 4.79 Å². The largest absolute Gasteiger partial charge is 0.493 e. The third-order valence-corrected chi connectivity index (χ3v) is 3.30. The van der Waals surface area contributed by atoms with E-state index in [1.807, 2.05) is 24.3 Å². The molecule has 1 aromatic rings. The standard InChI is InChI=1S/C15H22BNO3/c1-2-3-4-6-15(18)17-14-9-7-13(8-10-14)16-19-11-5-12-20-16/h7-10H,2-6,11-12H2,1H3,(H,17,18). The van der Waals surface area contributed by atoms with Gasteiger partial charge >= 0.3 is 7.12 Å². The Bertz CT molecular complexity index is 416. The smallest absolute Gasteiger partial charge is 0.407 e. The first-order valence-corrected chi connectivity index (χ1v) is 7.42. The van der Waals surface area contributed by atoms with Gasteiger partial charge < -0.3 is 14.6 Å². The van der Waals surface area contributed by atoms with Crippen molar-refractivity contribution in [2.75, 3.05) is 18.5 Å². The highest BCUT2D eigenvalue weighted by Gasteiger charge is 2.23. The molecule has 1 aliphatic rings. The van der Waals surface area contributed by atoms with Gasteiger partial charge in [0.15, 0.2) is 0 Å². The van der Waals surface area contributed by atoms with Crippen molar-refractivity contribution in [3.63, 3.8) is 0 Å². The van der Waals surface area contributed by atoms with E-state index in [1.165, 1.54) is 0 Å². The van der Waals surface area contributed by atoms with Crippen LogP contribution >= 0.6 is 0 Å². The van der Waals surface area contributed by atoms with E-state index in [2.05, 4.69) is 12.2 Å². The van der Waals surface area contributed by atoms with Crippen molar-refractivity contribution in [3.05, 3.63) is 24.3 Å². The summed E-state index contributed by atoms with van der Waals surface area (Å²) >= 11 is 0. The molecule has 1 aliphatic heterocycles. The Morgan fingerprint density at radius 1 is 1.20 bits per heavy atom.